The number of para-hydroxylation sites is 2. The van der Waals surface area contributed by atoms with Crippen molar-refractivity contribution < 1.29 is 9.90 Å². The Morgan fingerprint density at radius 2 is 1.61 bits per heavy atom. The summed E-state index contributed by atoms with van der Waals surface area (Å²) in [6, 6.07) is 12.4. The fourth-order valence-corrected chi connectivity index (χ4v) is 1.51. The number of carbonyl (C=O) groups excluding carboxylic acids is 1. The molecule has 5 heteroatoms. The number of halogens is 1. The molecule has 2 amide bonds. The van der Waals surface area contributed by atoms with Crippen LogP contribution in [0.1, 0.15) is 0 Å². The minimum absolute atomic E-state index is 0.233. The van der Waals surface area contributed by atoms with Crippen molar-refractivity contribution in [2.45, 2.75) is 0 Å². The van der Waals surface area contributed by atoms with E-state index in [-0.39, 0.29) is 11.4 Å². The Hall–Kier alpha value is -2.20. The van der Waals surface area contributed by atoms with Gasteiger partial charge in [0.15, 0.2) is 0 Å². The van der Waals surface area contributed by atoms with Crippen molar-refractivity contribution in [1.82, 2.24) is 0 Å². The Morgan fingerprint density at radius 1 is 0.944 bits per heavy atom. The minimum atomic E-state index is -0.472. The number of anilines is 2. The highest BCUT2D eigenvalue weighted by Gasteiger charge is 2.06. The van der Waals surface area contributed by atoms with Crippen LogP contribution >= 0.6 is 11.6 Å². The van der Waals surface area contributed by atoms with Gasteiger partial charge in [-0.25, -0.2) is 4.79 Å². The summed E-state index contributed by atoms with van der Waals surface area (Å²) in [5.41, 5.74) is 0.837. The van der Waals surface area contributed by atoms with Crippen molar-refractivity contribution in [2.75, 3.05) is 10.6 Å². The maximum Gasteiger partial charge on any atom is 0.323 e. The third-order valence-electron chi connectivity index (χ3n) is 2.24. The average Bonchev–Trinajstić information content (AvgIpc) is 2.35. The zero-order valence-electron chi connectivity index (χ0n) is 9.31. The summed E-state index contributed by atoms with van der Waals surface area (Å²) in [6.07, 6.45) is 0. The fraction of sp³-hybridized carbons (Fsp3) is 0. The summed E-state index contributed by atoms with van der Waals surface area (Å²) in [4.78, 5) is 11.6. The predicted octanol–water partition coefficient (Wildman–Crippen LogP) is 4.13. The van der Waals surface area contributed by atoms with E-state index < -0.39 is 6.03 Å². The van der Waals surface area contributed by atoms with Crippen LogP contribution in [0.2, 0.25) is 5.02 Å². The van der Waals surface area contributed by atoms with Gasteiger partial charge >= 0.3 is 6.03 Å². The Morgan fingerprint density at radius 3 is 2.28 bits per heavy atom. The molecule has 0 aromatic heterocycles. The highest BCUT2D eigenvalue weighted by atomic mass is 35.5. The molecule has 2 aromatic rings. The van der Waals surface area contributed by atoms with Crippen LogP contribution in [0, 0.1) is 0 Å². The first-order valence-electron chi connectivity index (χ1n) is 5.25. The summed E-state index contributed by atoms with van der Waals surface area (Å²) in [5, 5.41) is 17.1. The van der Waals surface area contributed by atoms with Crippen LogP contribution in [-0.4, -0.2) is 6.03 Å². The predicted molar refractivity (Wildman–Crippen MR) is 70.7 cm³/mol. The van der Waals surface area contributed by atoms with Crippen LogP contribution in [0.3, 0.4) is 0 Å². The topological polar surface area (TPSA) is 61.0 Å². The largest absolute Gasteiger partial charge is 0.323 e. The third kappa shape index (κ3) is 3.15. The van der Waals surface area contributed by atoms with Crippen molar-refractivity contribution in [3.8, 4) is 5.75 Å². The summed E-state index contributed by atoms with van der Waals surface area (Å²) < 4.78 is 0. The molecule has 0 unspecified atom stereocenters. The molecule has 0 saturated carbocycles. The van der Waals surface area contributed by atoms with E-state index in [1.807, 2.05) is 0 Å². The number of carbonyl (C=O) groups is 1. The molecule has 0 bridgehead atoms. The van der Waals surface area contributed by atoms with Crippen molar-refractivity contribution in [2.24, 2.45) is 0 Å². The van der Waals surface area contributed by atoms with Crippen molar-refractivity contribution in [3.63, 3.8) is 0 Å². The molecule has 0 saturated heterocycles. The van der Waals surface area contributed by atoms with Gasteiger partial charge in [-0.2, -0.15) is 0 Å². The monoisotopic (exact) mass is 261 g/mol. The molecule has 2 N–H and O–H groups in total. The lowest BCUT2D eigenvalue weighted by molar-refractivity contribution is 0.262. The molecule has 2 rings (SSSR count). The normalized spacial score (nSPS) is 9.83. The third-order valence-corrected chi connectivity index (χ3v) is 2.49. The molecule has 0 aliphatic rings. The Balaban J connectivity index is 2.01. The van der Waals surface area contributed by atoms with Gasteiger partial charge in [0.1, 0.15) is 0 Å². The standard InChI is InChI=1S/C13H10ClN2O2/c14-9-5-7-10(8-6-9)15-13(18)16-11-3-1-2-4-12(11)17/h1-8H,(H2,15,16,18). The van der Waals surface area contributed by atoms with Gasteiger partial charge in [-0.1, -0.05) is 23.7 Å². The number of amides is 2. The SMILES string of the molecule is [O]c1ccccc1NC(=O)Nc1ccc(Cl)cc1. The maximum atomic E-state index is 11.6. The van der Waals surface area contributed by atoms with Crippen LogP contribution in [0.5, 0.6) is 5.75 Å². The van der Waals surface area contributed by atoms with Crippen molar-refractivity contribution in [3.05, 3.63) is 53.6 Å². The highest BCUT2D eigenvalue weighted by Crippen LogP contribution is 2.22. The molecular weight excluding hydrogens is 252 g/mol. The van der Waals surface area contributed by atoms with Gasteiger partial charge in [0.2, 0.25) is 5.75 Å². The molecule has 0 spiro atoms. The summed E-state index contributed by atoms with van der Waals surface area (Å²) in [5.74, 6) is -0.233. The molecule has 18 heavy (non-hydrogen) atoms. The van der Waals surface area contributed by atoms with E-state index in [2.05, 4.69) is 10.6 Å². The van der Waals surface area contributed by atoms with Crippen LogP contribution in [0.15, 0.2) is 48.5 Å². The van der Waals surface area contributed by atoms with Crippen molar-refractivity contribution >= 4 is 29.0 Å². The molecule has 0 aliphatic carbocycles. The molecule has 0 aliphatic heterocycles. The number of urea groups is 1. The van der Waals surface area contributed by atoms with Crippen LogP contribution in [0.4, 0.5) is 16.2 Å². The number of hydrogen-bond acceptors (Lipinski definition) is 1. The van der Waals surface area contributed by atoms with E-state index >= 15 is 0 Å². The van der Waals surface area contributed by atoms with Gasteiger partial charge in [0.25, 0.3) is 0 Å². The lowest BCUT2D eigenvalue weighted by Gasteiger charge is -2.07. The van der Waals surface area contributed by atoms with Crippen molar-refractivity contribution in [1.29, 1.82) is 0 Å². The van der Waals surface area contributed by atoms with Gasteiger partial charge in [0.05, 0.1) is 5.69 Å². The fourth-order valence-electron chi connectivity index (χ4n) is 1.39. The molecule has 0 atom stereocenters. The first kappa shape index (κ1) is 12.3. The molecule has 2 aromatic carbocycles. The Kier molecular flexibility index (Phi) is 3.69. The summed E-state index contributed by atoms with van der Waals surface area (Å²) >= 11 is 5.73. The van der Waals surface area contributed by atoms with E-state index in [0.717, 1.165) is 0 Å². The minimum Gasteiger partial charge on any atom is -0.308 e. The highest BCUT2D eigenvalue weighted by molar-refractivity contribution is 6.30. The maximum absolute atomic E-state index is 11.6. The number of rotatable bonds is 2. The molecule has 1 radical (unpaired) electrons. The first-order chi connectivity index (χ1) is 8.65. The molecule has 0 fully saturated rings. The first-order valence-corrected chi connectivity index (χ1v) is 5.62. The van der Waals surface area contributed by atoms with Crippen LogP contribution in [0.25, 0.3) is 0 Å². The lowest BCUT2D eigenvalue weighted by Crippen LogP contribution is -2.19. The van der Waals surface area contributed by atoms with E-state index in [1.165, 1.54) is 6.07 Å². The molecule has 91 valence electrons. The zero-order chi connectivity index (χ0) is 13.0. The average molecular weight is 262 g/mol. The molecule has 0 heterocycles. The van der Waals surface area contributed by atoms with Gasteiger partial charge in [-0.05, 0) is 36.4 Å². The zero-order valence-corrected chi connectivity index (χ0v) is 10.1. The van der Waals surface area contributed by atoms with Gasteiger partial charge in [-0.3, -0.25) is 5.11 Å². The molecule has 4 nitrogen and oxygen atoms in total. The second-order valence-corrected chi connectivity index (χ2v) is 4.02. The number of hydrogen-bond donors (Lipinski definition) is 2. The van der Waals surface area contributed by atoms with E-state index in [9.17, 15) is 9.90 Å². The smallest absolute Gasteiger partial charge is 0.308 e. The van der Waals surface area contributed by atoms with E-state index in [0.29, 0.717) is 10.7 Å². The Bertz CT molecular complexity index is 555. The van der Waals surface area contributed by atoms with Gasteiger partial charge < -0.3 is 10.6 Å². The summed E-state index contributed by atoms with van der Waals surface area (Å²) in [7, 11) is 0. The van der Waals surface area contributed by atoms with Crippen LogP contribution in [-0.2, 0) is 5.11 Å². The Labute approximate surface area is 109 Å². The van der Waals surface area contributed by atoms with Gasteiger partial charge in [0, 0.05) is 10.7 Å². The van der Waals surface area contributed by atoms with E-state index in [1.54, 1.807) is 42.5 Å². The van der Waals surface area contributed by atoms with E-state index in [4.69, 9.17) is 11.6 Å². The number of benzene rings is 2. The lowest BCUT2D eigenvalue weighted by atomic mass is 10.3. The molecular formula is C13H10ClN2O2. The number of nitrogens with one attached hydrogen (secondary N) is 2. The second-order valence-electron chi connectivity index (χ2n) is 3.58. The second kappa shape index (κ2) is 5.42. The quantitative estimate of drug-likeness (QED) is 0.839. The van der Waals surface area contributed by atoms with Gasteiger partial charge in [-0.15, -0.1) is 0 Å². The van der Waals surface area contributed by atoms with Crippen LogP contribution < -0.4 is 10.6 Å². The summed E-state index contributed by atoms with van der Waals surface area (Å²) in [6.45, 7) is 0.